The Bertz CT molecular complexity index is 957. The van der Waals surface area contributed by atoms with Crippen molar-refractivity contribution in [2.24, 2.45) is 5.41 Å². The van der Waals surface area contributed by atoms with Crippen LogP contribution in [0.2, 0.25) is 0 Å². The van der Waals surface area contributed by atoms with Crippen LogP contribution in [0.3, 0.4) is 0 Å². The van der Waals surface area contributed by atoms with Crippen molar-refractivity contribution in [1.29, 1.82) is 0 Å². The van der Waals surface area contributed by atoms with E-state index in [4.69, 9.17) is 9.47 Å². The molecule has 0 radical (unpaired) electrons. The van der Waals surface area contributed by atoms with Gasteiger partial charge in [0, 0.05) is 32.6 Å². The first-order chi connectivity index (χ1) is 14.3. The fourth-order valence-electron chi connectivity index (χ4n) is 4.25. The third-order valence-corrected chi connectivity index (χ3v) is 5.97. The molecule has 2 aromatic rings. The highest BCUT2D eigenvalue weighted by molar-refractivity contribution is 5.97. The Morgan fingerprint density at radius 2 is 1.93 bits per heavy atom. The van der Waals surface area contributed by atoms with Gasteiger partial charge in [-0.05, 0) is 45.2 Å². The van der Waals surface area contributed by atoms with Gasteiger partial charge in [-0.2, -0.15) is 0 Å². The number of methoxy groups -OCH3 is 1. The molecule has 0 bridgehead atoms. The number of amides is 1. The molecule has 8 heteroatoms. The second kappa shape index (κ2) is 8.85. The largest absolute Gasteiger partial charge is 0.490 e. The monoisotopic (exact) mass is 415 g/mol. The number of carbonyl (C=O) groups excluding carboxylic acids is 3. The maximum absolute atomic E-state index is 13.2. The van der Waals surface area contributed by atoms with Crippen molar-refractivity contribution < 1.29 is 23.9 Å². The number of pyridine rings is 1. The highest BCUT2D eigenvalue weighted by Crippen LogP contribution is 2.38. The summed E-state index contributed by atoms with van der Waals surface area (Å²) in [6.07, 6.45) is 3.36. The predicted octanol–water partition coefficient (Wildman–Crippen LogP) is 2.81. The summed E-state index contributed by atoms with van der Waals surface area (Å²) >= 11 is 0. The highest BCUT2D eigenvalue weighted by Gasteiger charge is 2.43. The van der Waals surface area contributed by atoms with Gasteiger partial charge in [-0.1, -0.05) is 0 Å². The first-order valence-electron chi connectivity index (χ1n) is 10.3. The number of aromatic nitrogens is 2. The predicted molar refractivity (Wildman–Crippen MR) is 111 cm³/mol. The van der Waals surface area contributed by atoms with Gasteiger partial charge in [-0.3, -0.25) is 18.8 Å². The molecule has 8 nitrogen and oxygen atoms in total. The molecule has 1 amide bonds. The van der Waals surface area contributed by atoms with Crippen LogP contribution in [0.4, 0.5) is 0 Å². The number of piperidine rings is 1. The molecule has 162 valence electrons. The van der Waals surface area contributed by atoms with E-state index in [1.165, 1.54) is 14.0 Å². The number of esters is 1. The van der Waals surface area contributed by atoms with E-state index < -0.39 is 5.41 Å². The number of carbonyl (C=O) groups is 3. The highest BCUT2D eigenvalue weighted by atomic mass is 16.5. The van der Waals surface area contributed by atoms with Crippen molar-refractivity contribution in [3.63, 3.8) is 0 Å². The summed E-state index contributed by atoms with van der Waals surface area (Å²) in [7, 11) is 1.37. The number of nitrogens with zero attached hydrogens (tertiary/aromatic N) is 3. The first-order valence-corrected chi connectivity index (χ1v) is 10.3. The first kappa shape index (κ1) is 21.8. The number of imidazole rings is 1. The Labute approximate surface area is 176 Å². The van der Waals surface area contributed by atoms with E-state index in [0.717, 1.165) is 0 Å². The minimum Gasteiger partial charge on any atom is -0.490 e. The van der Waals surface area contributed by atoms with Crippen LogP contribution >= 0.6 is 0 Å². The number of ketones is 1. The summed E-state index contributed by atoms with van der Waals surface area (Å²) in [5.74, 6) is 0.235. The lowest BCUT2D eigenvalue weighted by molar-refractivity contribution is -0.158. The molecule has 0 saturated carbocycles. The van der Waals surface area contributed by atoms with Gasteiger partial charge in [0.2, 0.25) is 5.91 Å². The third-order valence-electron chi connectivity index (χ3n) is 5.97. The molecule has 30 heavy (non-hydrogen) atoms. The lowest BCUT2D eigenvalue weighted by Crippen LogP contribution is -2.46. The van der Waals surface area contributed by atoms with Crippen molar-refractivity contribution >= 4 is 23.3 Å². The molecule has 0 unspecified atom stereocenters. The van der Waals surface area contributed by atoms with Gasteiger partial charge in [-0.25, -0.2) is 4.98 Å². The molecule has 0 spiro atoms. The van der Waals surface area contributed by atoms with Crippen LogP contribution in [0.25, 0.3) is 5.65 Å². The third kappa shape index (κ3) is 4.04. The SMILES string of the molecule is CCOc1cccn2c(C(=O)CCC3(C(=O)OC)CCN(C(C)=O)CC3)c(C)nc12. The summed E-state index contributed by atoms with van der Waals surface area (Å²) in [6.45, 7) is 6.72. The molecule has 1 fully saturated rings. The van der Waals surface area contributed by atoms with E-state index in [2.05, 4.69) is 4.98 Å². The number of likely N-dealkylation sites (tertiary alicyclic amines) is 1. The minimum absolute atomic E-state index is 0.00370. The molecule has 0 aliphatic carbocycles. The van der Waals surface area contributed by atoms with Crippen LogP contribution in [0.5, 0.6) is 5.75 Å². The van der Waals surface area contributed by atoms with Gasteiger partial charge in [0.15, 0.2) is 17.2 Å². The topological polar surface area (TPSA) is 90.2 Å². The van der Waals surface area contributed by atoms with Crippen molar-refractivity contribution in [3.8, 4) is 5.75 Å². The van der Waals surface area contributed by atoms with Crippen molar-refractivity contribution in [2.45, 2.75) is 46.5 Å². The fraction of sp³-hybridized carbons (Fsp3) is 0.545. The molecule has 3 heterocycles. The van der Waals surface area contributed by atoms with Crippen molar-refractivity contribution in [2.75, 3.05) is 26.8 Å². The quantitative estimate of drug-likeness (QED) is 0.510. The van der Waals surface area contributed by atoms with Gasteiger partial charge in [0.1, 0.15) is 5.69 Å². The van der Waals surface area contributed by atoms with Gasteiger partial charge < -0.3 is 14.4 Å². The Morgan fingerprint density at radius 3 is 2.53 bits per heavy atom. The van der Waals surface area contributed by atoms with E-state index in [-0.39, 0.29) is 24.1 Å². The van der Waals surface area contributed by atoms with Crippen molar-refractivity contribution in [3.05, 3.63) is 29.7 Å². The second-order valence-corrected chi connectivity index (χ2v) is 7.75. The Kier molecular flexibility index (Phi) is 6.43. The zero-order chi connectivity index (χ0) is 21.9. The molecular formula is C22H29N3O5. The Hall–Kier alpha value is -2.90. The fourth-order valence-corrected chi connectivity index (χ4v) is 4.25. The zero-order valence-electron chi connectivity index (χ0n) is 18.1. The normalized spacial score (nSPS) is 15.8. The molecule has 2 aromatic heterocycles. The van der Waals surface area contributed by atoms with Gasteiger partial charge in [0.05, 0.1) is 24.8 Å². The smallest absolute Gasteiger partial charge is 0.311 e. The molecular weight excluding hydrogens is 386 g/mol. The van der Waals surface area contributed by atoms with E-state index in [9.17, 15) is 14.4 Å². The summed E-state index contributed by atoms with van der Waals surface area (Å²) < 4.78 is 12.4. The Morgan fingerprint density at radius 1 is 1.23 bits per heavy atom. The summed E-state index contributed by atoms with van der Waals surface area (Å²) in [5, 5.41) is 0. The van der Waals surface area contributed by atoms with Crippen LogP contribution in [-0.2, 0) is 14.3 Å². The number of hydrogen-bond acceptors (Lipinski definition) is 6. The average Bonchev–Trinajstić information content (AvgIpc) is 3.08. The molecule has 0 aromatic carbocycles. The lowest BCUT2D eigenvalue weighted by Gasteiger charge is -2.39. The van der Waals surface area contributed by atoms with Crippen LogP contribution in [0, 0.1) is 12.3 Å². The van der Waals surface area contributed by atoms with E-state index in [1.54, 1.807) is 22.4 Å². The molecule has 3 rings (SSSR count). The molecule has 0 N–H and O–H groups in total. The molecule has 1 saturated heterocycles. The number of fused-ring (bicyclic) bond motifs is 1. The molecule has 1 aliphatic rings. The van der Waals surface area contributed by atoms with Crippen LogP contribution in [0.15, 0.2) is 18.3 Å². The number of aryl methyl sites for hydroxylation is 1. The van der Waals surface area contributed by atoms with Gasteiger partial charge in [0.25, 0.3) is 0 Å². The van der Waals surface area contributed by atoms with E-state index in [0.29, 0.717) is 61.7 Å². The maximum Gasteiger partial charge on any atom is 0.311 e. The standard InChI is InChI=1S/C22H29N3O5/c1-5-30-18-7-6-12-25-19(15(2)23-20(18)25)17(27)8-9-22(21(28)29-4)10-13-24(14-11-22)16(3)26/h6-7,12H,5,8-11,13-14H2,1-4H3. The van der Waals surface area contributed by atoms with E-state index in [1.807, 2.05) is 19.1 Å². The second-order valence-electron chi connectivity index (χ2n) is 7.75. The van der Waals surface area contributed by atoms with Crippen molar-refractivity contribution in [1.82, 2.24) is 14.3 Å². The minimum atomic E-state index is -0.749. The van der Waals surface area contributed by atoms with Crippen LogP contribution in [0.1, 0.15) is 55.7 Å². The number of ether oxygens (including phenoxy) is 2. The summed E-state index contributed by atoms with van der Waals surface area (Å²) in [6, 6.07) is 3.65. The lowest BCUT2D eigenvalue weighted by atomic mass is 9.74. The van der Waals surface area contributed by atoms with Gasteiger partial charge >= 0.3 is 5.97 Å². The van der Waals surface area contributed by atoms with E-state index >= 15 is 0 Å². The average molecular weight is 415 g/mol. The maximum atomic E-state index is 13.2. The number of Topliss-reactive ketones (excluding diaryl/α,β-unsaturated/α-hetero) is 1. The summed E-state index contributed by atoms with van der Waals surface area (Å²) in [4.78, 5) is 43.6. The Balaban J connectivity index is 1.81. The number of hydrogen-bond donors (Lipinski definition) is 0. The zero-order valence-corrected chi connectivity index (χ0v) is 18.1. The molecule has 1 aliphatic heterocycles. The number of rotatable bonds is 7. The summed E-state index contributed by atoms with van der Waals surface area (Å²) in [5.41, 5.74) is 0.998. The molecule has 0 atom stereocenters. The van der Waals surface area contributed by atoms with Gasteiger partial charge in [-0.15, -0.1) is 0 Å². The van der Waals surface area contributed by atoms with Crippen LogP contribution in [-0.4, -0.2) is 58.8 Å². The van der Waals surface area contributed by atoms with Crippen LogP contribution < -0.4 is 4.74 Å².